The number of benzene rings is 1. The smallest absolute Gasteiger partial charge is 0.262 e. The predicted molar refractivity (Wildman–Crippen MR) is 106 cm³/mol. The van der Waals surface area contributed by atoms with Crippen LogP contribution in [0, 0.1) is 17.2 Å². The summed E-state index contributed by atoms with van der Waals surface area (Å²) in [7, 11) is 0. The molecule has 1 aromatic carbocycles. The molecule has 1 aromatic heterocycles. The van der Waals surface area contributed by atoms with E-state index in [9.17, 15) is 10.1 Å². The van der Waals surface area contributed by atoms with Crippen molar-refractivity contribution >= 4 is 34.9 Å². The van der Waals surface area contributed by atoms with E-state index < -0.39 is 0 Å². The molecule has 0 spiro atoms. The van der Waals surface area contributed by atoms with Gasteiger partial charge in [-0.1, -0.05) is 43.5 Å². The van der Waals surface area contributed by atoms with Gasteiger partial charge in [-0.3, -0.25) is 4.79 Å². The number of rotatable bonds is 4. The Balaban J connectivity index is 1.73. The van der Waals surface area contributed by atoms with Gasteiger partial charge < -0.3 is 5.32 Å². The van der Waals surface area contributed by atoms with Crippen LogP contribution in [0.3, 0.4) is 0 Å². The number of nitrogens with zero attached hydrogens (tertiary/aromatic N) is 2. The number of aromatic nitrogens is 1. The largest absolute Gasteiger partial charge is 0.348 e. The van der Waals surface area contributed by atoms with Gasteiger partial charge in [-0.25, -0.2) is 4.98 Å². The molecule has 2 aromatic rings. The third kappa shape index (κ3) is 4.51. The summed E-state index contributed by atoms with van der Waals surface area (Å²) in [4.78, 5) is 17.0. The molecule has 6 heteroatoms. The Hall–Kier alpha value is -2.16. The fourth-order valence-electron chi connectivity index (χ4n) is 3.15. The van der Waals surface area contributed by atoms with Crippen LogP contribution in [0.2, 0.25) is 5.02 Å². The van der Waals surface area contributed by atoms with E-state index in [1.54, 1.807) is 6.08 Å². The summed E-state index contributed by atoms with van der Waals surface area (Å²) in [6.45, 7) is 2.15. The second-order valence-electron chi connectivity index (χ2n) is 6.60. The normalized spacial score (nSPS) is 20.4. The first kappa shape index (κ1) is 18.6. The van der Waals surface area contributed by atoms with E-state index in [4.69, 9.17) is 11.6 Å². The highest BCUT2D eigenvalue weighted by Crippen LogP contribution is 2.26. The van der Waals surface area contributed by atoms with Gasteiger partial charge in [0.1, 0.15) is 16.6 Å². The number of carbonyl (C=O) groups is 1. The molecule has 1 aliphatic rings. The van der Waals surface area contributed by atoms with E-state index in [1.165, 1.54) is 17.8 Å². The maximum absolute atomic E-state index is 12.5. The Bertz CT molecular complexity index is 851. The first-order valence-electron chi connectivity index (χ1n) is 8.71. The SMILES string of the molecule is C[C@H]1CCCC[C@H]1NC(=O)/C(C#N)=C/c1csc(-c2ccc(Cl)cc2)n1. The number of halogens is 1. The topological polar surface area (TPSA) is 65.8 Å². The lowest BCUT2D eigenvalue weighted by atomic mass is 9.86. The van der Waals surface area contributed by atoms with Gasteiger partial charge in [0.2, 0.25) is 0 Å². The lowest BCUT2D eigenvalue weighted by Gasteiger charge is -2.29. The molecule has 0 radical (unpaired) electrons. The first-order chi connectivity index (χ1) is 12.6. The quantitative estimate of drug-likeness (QED) is 0.590. The fraction of sp³-hybridized carbons (Fsp3) is 0.350. The fourth-order valence-corrected chi connectivity index (χ4v) is 4.06. The van der Waals surface area contributed by atoms with Crippen LogP contribution in [0.4, 0.5) is 0 Å². The van der Waals surface area contributed by atoms with Crippen LogP contribution < -0.4 is 5.32 Å². The standard InChI is InChI=1S/C20H20ClN3OS/c1-13-4-2-3-5-18(13)24-19(25)15(11-22)10-17-12-26-20(23-17)14-6-8-16(21)9-7-14/h6-10,12-13,18H,2-5H2,1H3,(H,24,25)/b15-10+/t13-,18+/m0/s1. The molecule has 2 atom stereocenters. The number of thiazole rings is 1. The molecule has 4 nitrogen and oxygen atoms in total. The van der Waals surface area contributed by atoms with Crippen LogP contribution in [-0.4, -0.2) is 16.9 Å². The average molecular weight is 386 g/mol. The summed E-state index contributed by atoms with van der Waals surface area (Å²) in [6, 6.07) is 9.58. The Morgan fingerprint density at radius 2 is 2.08 bits per heavy atom. The van der Waals surface area contributed by atoms with E-state index in [0.717, 1.165) is 29.8 Å². The zero-order valence-corrected chi connectivity index (χ0v) is 16.1. The maximum atomic E-state index is 12.5. The molecule has 1 saturated carbocycles. The number of hydrogen-bond acceptors (Lipinski definition) is 4. The van der Waals surface area contributed by atoms with Crippen molar-refractivity contribution in [1.29, 1.82) is 5.26 Å². The Kier molecular flexibility index (Phi) is 6.08. The molecular weight excluding hydrogens is 366 g/mol. The van der Waals surface area contributed by atoms with E-state index >= 15 is 0 Å². The zero-order valence-electron chi connectivity index (χ0n) is 14.5. The van der Waals surface area contributed by atoms with E-state index in [1.807, 2.05) is 35.7 Å². The van der Waals surface area contributed by atoms with Crippen LogP contribution in [0.1, 0.15) is 38.3 Å². The third-order valence-corrected chi connectivity index (χ3v) is 5.86. The average Bonchev–Trinajstić information content (AvgIpc) is 3.10. The van der Waals surface area contributed by atoms with Crippen molar-refractivity contribution in [3.05, 3.63) is 45.9 Å². The second-order valence-corrected chi connectivity index (χ2v) is 7.89. The minimum atomic E-state index is -0.313. The molecule has 0 bridgehead atoms. The van der Waals surface area contributed by atoms with E-state index in [2.05, 4.69) is 17.2 Å². The molecule has 0 unspecified atom stereocenters. The molecule has 1 aliphatic carbocycles. The molecule has 3 rings (SSSR count). The van der Waals surface area contributed by atoms with Crippen molar-refractivity contribution in [3.8, 4) is 16.6 Å². The molecular formula is C20H20ClN3OS. The lowest BCUT2D eigenvalue weighted by Crippen LogP contribution is -2.41. The Labute approximate surface area is 162 Å². The Morgan fingerprint density at radius 1 is 1.35 bits per heavy atom. The van der Waals surface area contributed by atoms with Gasteiger partial charge in [-0.15, -0.1) is 11.3 Å². The second kappa shape index (κ2) is 8.48. The van der Waals surface area contributed by atoms with Crippen LogP contribution in [0.25, 0.3) is 16.6 Å². The molecule has 0 saturated heterocycles. The molecule has 0 aliphatic heterocycles. The van der Waals surface area contributed by atoms with Crippen molar-refractivity contribution in [2.24, 2.45) is 5.92 Å². The van der Waals surface area contributed by atoms with Crippen LogP contribution in [-0.2, 0) is 4.79 Å². The number of amides is 1. The van der Waals surface area contributed by atoms with Gasteiger partial charge in [0.25, 0.3) is 5.91 Å². The summed E-state index contributed by atoms with van der Waals surface area (Å²) >= 11 is 7.38. The van der Waals surface area contributed by atoms with Gasteiger partial charge in [-0.05, 0) is 37.0 Å². The summed E-state index contributed by atoms with van der Waals surface area (Å²) in [5.74, 6) is 0.135. The van der Waals surface area contributed by atoms with Crippen molar-refractivity contribution in [2.75, 3.05) is 0 Å². The zero-order chi connectivity index (χ0) is 18.5. The summed E-state index contributed by atoms with van der Waals surface area (Å²) in [6.07, 6.45) is 5.98. The van der Waals surface area contributed by atoms with Gasteiger partial charge >= 0.3 is 0 Å². The molecule has 1 N–H and O–H groups in total. The predicted octanol–water partition coefficient (Wildman–Crippen LogP) is 5.07. The highest BCUT2D eigenvalue weighted by atomic mass is 35.5. The Morgan fingerprint density at radius 3 is 2.77 bits per heavy atom. The highest BCUT2D eigenvalue weighted by molar-refractivity contribution is 7.13. The summed E-state index contributed by atoms with van der Waals surface area (Å²) in [5.41, 5.74) is 1.66. The lowest BCUT2D eigenvalue weighted by molar-refractivity contribution is -0.118. The van der Waals surface area contributed by atoms with Gasteiger partial charge in [0.05, 0.1) is 5.69 Å². The van der Waals surface area contributed by atoms with Gasteiger partial charge in [-0.2, -0.15) is 5.26 Å². The minimum absolute atomic E-state index is 0.0933. The number of carbonyl (C=O) groups excluding carboxylic acids is 1. The van der Waals surface area contributed by atoms with Gasteiger partial charge in [0, 0.05) is 22.0 Å². The molecule has 1 heterocycles. The monoisotopic (exact) mass is 385 g/mol. The third-order valence-electron chi connectivity index (χ3n) is 4.70. The molecule has 26 heavy (non-hydrogen) atoms. The van der Waals surface area contributed by atoms with Crippen LogP contribution in [0.15, 0.2) is 35.2 Å². The highest BCUT2D eigenvalue weighted by Gasteiger charge is 2.24. The number of nitriles is 1. The molecule has 1 amide bonds. The van der Waals surface area contributed by atoms with Crippen LogP contribution in [0.5, 0.6) is 0 Å². The van der Waals surface area contributed by atoms with Crippen molar-refractivity contribution in [2.45, 2.75) is 38.6 Å². The number of nitrogens with one attached hydrogen (secondary N) is 1. The van der Waals surface area contributed by atoms with E-state index in [-0.39, 0.29) is 17.5 Å². The van der Waals surface area contributed by atoms with Crippen molar-refractivity contribution in [3.63, 3.8) is 0 Å². The van der Waals surface area contributed by atoms with Crippen molar-refractivity contribution in [1.82, 2.24) is 10.3 Å². The molecule has 1 fully saturated rings. The number of hydrogen-bond donors (Lipinski definition) is 1. The maximum Gasteiger partial charge on any atom is 0.262 e. The summed E-state index contributed by atoms with van der Waals surface area (Å²) < 4.78 is 0. The minimum Gasteiger partial charge on any atom is -0.348 e. The van der Waals surface area contributed by atoms with Gasteiger partial charge in [0.15, 0.2) is 0 Å². The first-order valence-corrected chi connectivity index (χ1v) is 9.96. The summed E-state index contributed by atoms with van der Waals surface area (Å²) in [5, 5.41) is 15.7. The van der Waals surface area contributed by atoms with Crippen LogP contribution >= 0.6 is 22.9 Å². The van der Waals surface area contributed by atoms with E-state index in [0.29, 0.717) is 16.6 Å². The van der Waals surface area contributed by atoms with Crippen molar-refractivity contribution < 1.29 is 4.79 Å². The molecule has 134 valence electrons.